The number of rotatable bonds is 5. The van der Waals surface area contributed by atoms with Crippen LogP contribution in [0.25, 0.3) is 0 Å². The van der Waals surface area contributed by atoms with E-state index in [-0.39, 0.29) is 28.6 Å². The number of nitrogens with zero attached hydrogens (tertiary/aromatic N) is 6. The number of aromatic nitrogens is 8. The van der Waals surface area contributed by atoms with Crippen LogP contribution < -0.4 is 16.4 Å². The maximum Gasteiger partial charge on any atom is 0.297 e. The van der Waals surface area contributed by atoms with Crippen molar-refractivity contribution in [2.75, 3.05) is 10.6 Å². The fourth-order valence-corrected chi connectivity index (χ4v) is 1.80. The van der Waals surface area contributed by atoms with Gasteiger partial charge in [-0.3, -0.25) is 14.4 Å². The molecule has 3 rings (SSSR count). The highest BCUT2D eigenvalue weighted by Crippen LogP contribution is 2.20. The predicted molar refractivity (Wildman–Crippen MR) is 79.2 cm³/mol. The zero-order valence-corrected chi connectivity index (χ0v) is 12.2. The van der Waals surface area contributed by atoms with Crippen LogP contribution in [0.5, 0.6) is 0 Å². The van der Waals surface area contributed by atoms with Crippen LogP contribution in [0.4, 0.5) is 11.4 Å². The van der Waals surface area contributed by atoms with Crippen molar-refractivity contribution >= 4 is 29.1 Å². The molecule has 0 saturated heterocycles. The molecule has 14 heteroatoms. The van der Waals surface area contributed by atoms with Gasteiger partial charge in [0.2, 0.25) is 5.91 Å². The predicted octanol–water partition coefficient (Wildman–Crippen LogP) is -1.68. The molecule has 2 heterocycles. The van der Waals surface area contributed by atoms with Crippen LogP contribution in [-0.4, -0.2) is 59.0 Å². The Morgan fingerprint density at radius 3 is 1.68 bits per heavy atom. The quantitative estimate of drug-likeness (QED) is 0.357. The first-order valence-corrected chi connectivity index (χ1v) is 6.57. The highest BCUT2D eigenvalue weighted by molar-refractivity contribution is 6.05. The van der Waals surface area contributed by atoms with Crippen LogP contribution in [0.2, 0.25) is 0 Å². The molecule has 25 heavy (non-hydrogen) atoms. The number of nitrogens with one attached hydrogen (secondary N) is 4. The molecule has 0 aliphatic rings. The molecular formula is C11H9N11O3. The second-order valence-electron chi connectivity index (χ2n) is 4.54. The molecule has 2 aromatic heterocycles. The molecule has 3 aromatic rings. The number of anilines is 2. The van der Waals surface area contributed by atoms with Gasteiger partial charge < -0.3 is 16.4 Å². The summed E-state index contributed by atoms with van der Waals surface area (Å²) in [5.41, 5.74) is 5.66. The third kappa shape index (κ3) is 3.58. The number of hydrogen-bond donors (Lipinski definition) is 5. The van der Waals surface area contributed by atoms with Gasteiger partial charge in [0.15, 0.2) is 0 Å². The minimum atomic E-state index is -0.759. The third-order valence-electron chi connectivity index (χ3n) is 2.83. The SMILES string of the molecule is NC(=O)c1cc(NC(=O)c2nn[nH]n2)cc(NC(=O)c2nn[nH]n2)c1. The maximum absolute atomic E-state index is 11.9. The van der Waals surface area contributed by atoms with Gasteiger partial charge >= 0.3 is 0 Å². The van der Waals surface area contributed by atoms with E-state index in [4.69, 9.17) is 5.73 Å². The fraction of sp³-hybridized carbons (Fsp3) is 0. The fourth-order valence-electron chi connectivity index (χ4n) is 1.80. The van der Waals surface area contributed by atoms with Crippen LogP contribution in [0, 0.1) is 0 Å². The summed E-state index contributed by atoms with van der Waals surface area (Å²) in [6.45, 7) is 0. The summed E-state index contributed by atoms with van der Waals surface area (Å²) in [5.74, 6) is -2.52. The van der Waals surface area contributed by atoms with Crippen LogP contribution in [-0.2, 0) is 0 Å². The van der Waals surface area contributed by atoms with Gasteiger partial charge in [-0.05, 0) is 28.6 Å². The number of aromatic amines is 2. The number of carbonyl (C=O) groups excluding carboxylic acids is 3. The zero-order valence-electron chi connectivity index (χ0n) is 12.2. The van der Waals surface area contributed by atoms with E-state index in [0.717, 1.165) is 0 Å². The third-order valence-corrected chi connectivity index (χ3v) is 2.83. The van der Waals surface area contributed by atoms with Gasteiger partial charge in [0.05, 0.1) is 0 Å². The smallest absolute Gasteiger partial charge is 0.297 e. The first-order chi connectivity index (χ1) is 12.0. The number of tetrazole rings is 2. The number of nitrogens with two attached hydrogens (primary N) is 1. The lowest BCUT2D eigenvalue weighted by Gasteiger charge is -2.09. The number of hydrogen-bond acceptors (Lipinski definition) is 9. The number of primary amides is 1. The summed E-state index contributed by atoms with van der Waals surface area (Å²) in [7, 11) is 0. The molecule has 0 spiro atoms. The Kier molecular flexibility index (Phi) is 4.06. The van der Waals surface area contributed by atoms with Gasteiger partial charge in [-0.15, -0.1) is 20.4 Å². The van der Waals surface area contributed by atoms with Crippen LogP contribution in [0.1, 0.15) is 31.6 Å². The van der Waals surface area contributed by atoms with Crippen molar-refractivity contribution in [3.63, 3.8) is 0 Å². The Labute approximate surface area is 137 Å². The molecule has 0 aliphatic heterocycles. The lowest BCUT2D eigenvalue weighted by molar-refractivity contribution is 0.0992. The molecule has 0 unspecified atom stereocenters. The lowest BCUT2D eigenvalue weighted by Crippen LogP contribution is -2.18. The van der Waals surface area contributed by atoms with Crippen molar-refractivity contribution in [2.24, 2.45) is 5.73 Å². The molecular weight excluding hydrogens is 334 g/mol. The summed E-state index contributed by atoms with van der Waals surface area (Å²) in [5, 5.41) is 29.8. The molecule has 126 valence electrons. The second-order valence-corrected chi connectivity index (χ2v) is 4.54. The first kappa shape index (κ1) is 15.7. The van der Waals surface area contributed by atoms with E-state index in [1.807, 2.05) is 0 Å². The van der Waals surface area contributed by atoms with E-state index in [2.05, 4.69) is 51.9 Å². The number of amides is 3. The Balaban J connectivity index is 1.85. The van der Waals surface area contributed by atoms with Gasteiger partial charge in [0.25, 0.3) is 23.5 Å². The van der Waals surface area contributed by atoms with Gasteiger partial charge in [-0.1, -0.05) is 0 Å². The van der Waals surface area contributed by atoms with E-state index < -0.39 is 17.7 Å². The molecule has 6 N–H and O–H groups in total. The van der Waals surface area contributed by atoms with Crippen molar-refractivity contribution in [3.05, 3.63) is 35.4 Å². The summed E-state index contributed by atoms with van der Waals surface area (Å²) in [6.07, 6.45) is 0. The molecule has 3 amide bonds. The van der Waals surface area contributed by atoms with Crippen molar-refractivity contribution in [1.82, 2.24) is 41.2 Å². The average Bonchev–Trinajstić information content (AvgIpc) is 3.28. The normalized spacial score (nSPS) is 10.2. The van der Waals surface area contributed by atoms with E-state index in [1.165, 1.54) is 18.2 Å². The Morgan fingerprint density at radius 1 is 0.840 bits per heavy atom. The van der Waals surface area contributed by atoms with Gasteiger partial charge in [0, 0.05) is 16.9 Å². The first-order valence-electron chi connectivity index (χ1n) is 6.57. The van der Waals surface area contributed by atoms with E-state index in [0.29, 0.717) is 0 Å². The van der Waals surface area contributed by atoms with E-state index in [9.17, 15) is 14.4 Å². The molecule has 1 aromatic carbocycles. The van der Waals surface area contributed by atoms with Crippen molar-refractivity contribution in [2.45, 2.75) is 0 Å². The standard InChI is InChI=1S/C11H9N11O3/c12-7(23)4-1-5(13-10(24)8-15-19-20-16-8)3-6(2-4)14-11(25)9-17-21-22-18-9/h1-3H,(H2,12,23)(H,13,24)(H,14,25)(H,15,16,19,20)(H,17,18,21,22). The van der Waals surface area contributed by atoms with E-state index >= 15 is 0 Å². The molecule has 14 nitrogen and oxygen atoms in total. The van der Waals surface area contributed by atoms with Gasteiger partial charge in [-0.25, -0.2) is 0 Å². The van der Waals surface area contributed by atoms with Crippen molar-refractivity contribution < 1.29 is 14.4 Å². The molecule has 0 bridgehead atoms. The van der Waals surface area contributed by atoms with Crippen LogP contribution in [0.3, 0.4) is 0 Å². The molecule has 0 saturated carbocycles. The van der Waals surface area contributed by atoms with Crippen molar-refractivity contribution in [3.8, 4) is 0 Å². The zero-order chi connectivity index (χ0) is 17.8. The largest absolute Gasteiger partial charge is 0.366 e. The highest BCUT2D eigenvalue weighted by atomic mass is 16.2. The molecule has 0 atom stereocenters. The summed E-state index contributed by atoms with van der Waals surface area (Å²) < 4.78 is 0. The van der Waals surface area contributed by atoms with E-state index in [1.54, 1.807) is 0 Å². The Hall–Kier alpha value is -4.23. The monoisotopic (exact) mass is 343 g/mol. The second kappa shape index (κ2) is 6.49. The lowest BCUT2D eigenvalue weighted by atomic mass is 10.1. The molecule has 0 fully saturated rings. The average molecular weight is 343 g/mol. The summed E-state index contributed by atoms with van der Waals surface area (Å²) in [4.78, 5) is 35.3. The highest BCUT2D eigenvalue weighted by Gasteiger charge is 2.15. The maximum atomic E-state index is 11.9. The summed E-state index contributed by atoms with van der Waals surface area (Å²) in [6, 6.07) is 4.04. The van der Waals surface area contributed by atoms with Gasteiger partial charge in [-0.2, -0.15) is 10.4 Å². The Morgan fingerprint density at radius 2 is 1.32 bits per heavy atom. The topological polar surface area (TPSA) is 210 Å². The summed E-state index contributed by atoms with van der Waals surface area (Å²) >= 11 is 0. The Bertz CT molecular complexity index is 852. The minimum absolute atomic E-state index is 0.0503. The minimum Gasteiger partial charge on any atom is -0.366 e. The van der Waals surface area contributed by atoms with Gasteiger partial charge in [0.1, 0.15) is 0 Å². The number of H-pyrrole nitrogens is 2. The van der Waals surface area contributed by atoms with Crippen LogP contribution >= 0.6 is 0 Å². The number of carbonyl (C=O) groups is 3. The van der Waals surface area contributed by atoms with Crippen molar-refractivity contribution in [1.29, 1.82) is 0 Å². The van der Waals surface area contributed by atoms with Crippen LogP contribution in [0.15, 0.2) is 18.2 Å². The molecule has 0 aliphatic carbocycles. The number of benzene rings is 1. The molecule has 0 radical (unpaired) electrons.